The van der Waals surface area contributed by atoms with E-state index in [2.05, 4.69) is 5.32 Å². The molecule has 1 aromatic rings. The third-order valence-electron chi connectivity index (χ3n) is 5.15. The highest BCUT2D eigenvalue weighted by Crippen LogP contribution is 2.27. The Kier molecular flexibility index (Phi) is 5.83. The second kappa shape index (κ2) is 8.28. The largest absolute Gasteiger partial charge is 0.495 e. The van der Waals surface area contributed by atoms with Crippen molar-refractivity contribution in [1.82, 2.24) is 9.80 Å². The molecule has 0 spiro atoms. The lowest BCUT2D eigenvalue weighted by Gasteiger charge is -2.34. The number of carbonyl (C=O) groups is 3. The summed E-state index contributed by atoms with van der Waals surface area (Å²) >= 11 is 0. The summed E-state index contributed by atoms with van der Waals surface area (Å²) in [6.07, 6.45) is 3.57. The van der Waals surface area contributed by atoms with Crippen molar-refractivity contribution in [2.24, 2.45) is 5.92 Å². The van der Waals surface area contributed by atoms with E-state index in [0.717, 1.165) is 32.4 Å². The summed E-state index contributed by atoms with van der Waals surface area (Å²) in [5.41, 5.74) is 0.514. The second-order valence-electron chi connectivity index (χ2n) is 6.97. The Morgan fingerprint density at radius 3 is 2.48 bits per heavy atom. The summed E-state index contributed by atoms with van der Waals surface area (Å²) in [6.45, 7) is 2.66. The van der Waals surface area contributed by atoms with Gasteiger partial charge in [-0.15, -0.1) is 0 Å². The molecule has 2 aliphatic rings. The van der Waals surface area contributed by atoms with E-state index < -0.39 is 5.97 Å². The van der Waals surface area contributed by atoms with Crippen molar-refractivity contribution in [2.45, 2.75) is 25.7 Å². The first-order valence-corrected chi connectivity index (χ1v) is 9.25. The van der Waals surface area contributed by atoms with Crippen LogP contribution in [0, 0.1) is 5.92 Å². The van der Waals surface area contributed by atoms with Crippen LogP contribution in [0.4, 0.5) is 10.5 Å². The fourth-order valence-corrected chi connectivity index (χ4v) is 3.64. The Morgan fingerprint density at radius 1 is 1.11 bits per heavy atom. The lowest BCUT2D eigenvalue weighted by atomic mass is 9.97. The molecule has 3 rings (SSSR count). The number of methoxy groups -OCH3 is 1. The maximum absolute atomic E-state index is 12.7. The molecule has 2 fully saturated rings. The monoisotopic (exact) mass is 375 g/mol. The normalized spacial score (nSPS) is 19.7. The van der Waals surface area contributed by atoms with Crippen LogP contribution in [-0.4, -0.2) is 66.1 Å². The quantitative estimate of drug-likeness (QED) is 0.841. The van der Waals surface area contributed by atoms with Crippen LogP contribution in [-0.2, 0) is 4.79 Å². The number of urea groups is 1. The first-order chi connectivity index (χ1) is 13.0. The molecule has 0 bridgehead atoms. The van der Waals surface area contributed by atoms with Gasteiger partial charge in [0.1, 0.15) is 5.75 Å². The minimum atomic E-state index is -1.06. The average Bonchev–Trinajstić information content (AvgIpc) is 3.22. The first-order valence-electron chi connectivity index (χ1n) is 9.25. The summed E-state index contributed by atoms with van der Waals surface area (Å²) in [4.78, 5) is 40.0. The number of aromatic carboxylic acids is 1. The SMILES string of the molecule is COc1cc(C(=O)O)ccc1NC(=O)C1CCCN(C(=O)N2CCCC2)C1. The van der Waals surface area contributed by atoms with Gasteiger partial charge in [-0.3, -0.25) is 4.79 Å². The number of piperidine rings is 1. The molecule has 1 aromatic carbocycles. The maximum atomic E-state index is 12.7. The molecule has 8 nitrogen and oxygen atoms in total. The van der Waals surface area contributed by atoms with Gasteiger partial charge in [0.2, 0.25) is 5.91 Å². The molecule has 1 unspecified atom stereocenters. The van der Waals surface area contributed by atoms with Crippen molar-refractivity contribution >= 4 is 23.6 Å². The molecule has 0 aromatic heterocycles. The number of hydrogen-bond acceptors (Lipinski definition) is 4. The Bertz CT molecular complexity index is 730. The third kappa shape index (κ3) is 4.32. The van der Waals surface area contributed by atoms with Gasteiger partial charge in [0.25, 0.3) is 0 Å². The molecule has 0 saturated carbocycles. The molecule has 3 amide bonds. The summed E-state index contributed by atoms with van der Waals surface area (Å²) in [5.74, 6) is -1.25. The van der Waals surface area contributed by atoms with Gasteiger partial charge in [-0.05, 0) is 43.9 Å². The van der Waals surface area contributed by atoms with Gasteiger partial charge >= 0.3 is 12.0 Å². The van der Waals surface area contributed by atoms with Crippen molar-refractivity contribution in [1.29, 1.82) is 0 Å². The highest BCUT2D eigenvalue weighted by atomic mass is 16.5. The van der Waals surface area contributed by atoms with Gasteiger partial charge in [0.15, 0.2) is 0 Å². The van der Waals surface area contributed by atoms with E-state index in [1.807, 2.05) is 4.90 Å². The molecule has 8 heteroatoms. The number of carboxylic acids is 1. The van der Waals surface area contributed by atoms with Gasteiger partial charge in [-0.2, -0.15) is 0 Å². The highest BCUT2D eigenvalue weighted by Gasteiger charge is 2.31. The molecule has 2 N–H and O–H groups in total. The third-order valence-corrected chi connectivity index (χ3v) is 5.15. The Labute approximate surface area is 158 Å². The number of hydrogen-bond donors (Lipinski definition) is 2. The van der Waals surface area contributed by atoms with Crippen LogP contribution in [0.3, 0.4) is 0 Å². The Morgan fingerprint density at radius 2 is 1.81 bits per heavy atom. The second-order valence-corrected chi connectivity index (χ2v) is 6.97. The summed E-state index contributed by atoms with van der Waals surface area (Å²) < 4.78 is 5.20. The zero-order chi connectivity index (χ0) is 19.4. The fraction of sp³-hybridized carbons (Fsp3) is 0.526. The average molecular weight is 375 g/mol. The number of carbonyl (C=O) groups excluding carboxylic acids is 2. The molecule has 146 valence electrons. The molecule has 2 aliphatic heterocycles. The predicted octanol–water partition coefficient (Wildman–Crippen LogP) is 2.26. The lowest BCUT2D eigenvalue weighted by molar-refractivity contribution is -0.121. The van der Waals surface area contributed by atoms with E-state index >= 15 is 0 Å². The number of likely N-dealkylation sites (tertiary alicyclic amines) is 2. The summed E-state index contributed by atoms with van der Waals surface area (Å²) in [7, 11) is 1.42. The Hall–Kier alpha value is -2.77. The predicted molar refractivity (Wildman–Crippen MR) is 99.1 cm³/mol. The first kappa shape index (κ1) is 19.0. The zero-order valence-corrected chi connectivity index (χ0v) is 15.4. The standard InChI is InChI=1S/C19H25N3O5/c1-27-16-11-13(18(24)25)6-7-15(16)20-17(23)14-5-4-10-22(12-14)19(26)21-8-2-3-9-21/h6-7,11,14H,2-5,8-10,12H2,1H3,(H,20,23)(H,24,25). The van der Waals surface area contributed by atoms with Crippen molar-refractivity contribution in [2.75, 3.05) is 38.6 Å². The summed E-state index contributed by atoms with van der Waals surface area (Å²) in [6, 6.07) is 4.34. The number of benzene rings is 1. The van der Waals surface area contributed by atoms with E-state index in [-0.39, 0.29) is 23.4 Å². The van der Waals surface area contributed by atoms with E-state index in [9.17, 15) is 14.4 Å². The topological polar surface area (TPSA) is 99.2 Å². The minimum absolute atomic E-state index is 0.0217. The summed E-state index contributed by atoms with van der Waals surface area (Å²) in [5, 5.41) is 11.9. The zero-order valence-electron chi connectivity index (χ0n) is 15.4. The van der Waals surface area contributed by atoms with Crippen LogP contribution in [0.25, 0.3) is 0 Å². The van der Waals surface area contributed by atoms with Gasteiger partial charge in [-0.1, -0.05) is 0 Å². The number of amides is 3. The fourth-order valence-electron chi connectivity index (χ4n) is 3.64. The smallest absolute Gasteiger partial charge is 0.335 e. The van der Waals surface area contributed by atoms with E-state index in [4.69, 9.17) is 9.84 Å². The number of ether oxygens (including phenoxy) is 1. The molecule has 0 radical (unpaired) electrons. The van der Waals surface area contributed by atoms with Crippen molar-refractivity contribution in [3.63, 3.8) is 0 Å². The van der Waals surface area contributed by atoms with E-state index in [1.54, 1.807) is 4.90 Å². The van der Waals surface area contributed by atoms with Crippen molar-refractivity contribution in [3.8, 4) is 5.75 Å². The molecular formula is C19H25N3O5. The van der Waals surface area contributed by atoms with Crippen LogP contribution >= 0.6 is 0 Å². The van der Waals surface area contributed by atoms with Gasteiger partial charge in [0.05, 0.1) is 24.3 Å². The number of anilines is 1. The molecule has 2 heterocycles. The molecular weight excluding hydrogens is 350 g/mol. The van der Waals surface area contributed by atoms with Gasteiger partial charge in [0, 0.05) is 26.2 Å². The number of nitrogens with zero attached hydrogens (tertiary/aromatic N) is 2. The number of nitrogens with one attached hydrogen (secondary N) is 1. The highest BCUT2D eigenvalue weighted by molar-refractivity contribution is 5.96. The van der Waals surface area contributed by atoms with Crippen LogP contribution in [0.15, 0.2) is 18.2 Å². The van der Waals surface area contributed by atoms with E-state index in [1.165, 1.54) is 25.3 Å². The Balaban J connectivity index is 1.65. The van der Waals surface area contributed by atoms with Gasteiger partial charge < -0.3 is 25.0 Å². The molecule has 27 heavy (non-hydrogen) atoms. The van der Waals surface area contributed by atoms with Crippen molar-refractivity contribution in [3.05, 3.63) is 23.8 Å². The minimum Gasteiger partial charge on any atom is -0.495 e. The van der Waals surface area contributed by atoms with Crippen LogP contribution in [0.5, 0.6) is 5.75 Å². The van der Waals surface area contributed by atoms with Crippen molar-refractivity contribution < 1.29 is 24.2 Å². The van der Waals surface area contributed by atoms with Gasteiger partial charge in [-0.25, -0.2) is 9.59 Å². The molecule has 1 atom stereocenters. The molecule has 2 saturated heterocycles. The number of carboxylic acid groups (broad SMARTS) is 1. The van der Waals surface area contributed by atoms with E-state index in [0.29, 0.717) is 30.9 Å². The van der Waals surface area contributed by atoms with Crippen LogP contribution in [0.1, 0.15) is 36.0 Å². The maximum Gasteiger partial charge on any atom is 0.335 e. The number of rotatable bonds is 4. The molecule has 0 aliphatic carbocycles. The van der Waals surface area contributed by atoms with Crippen LogP contribution < -0.4 is 10.1 Å². The lowest BCUT2D eigenvalue weighted by Crippen LogP contribution is -2.48. The van der Waals surface area contributed by atoms with Crippen LogP contribution in [0.2, 0.25) is 0 Å².